The van der Waals surface area contributed by atoms with Crippen LogP contribution in [0.3, 0.4) is 0 Å². The molecule has 4 aromatic rings. The Labute approximate surface area is 200 Å². The van der Waals surface area contributed by atoms with Gasteiger partial charge in [-0.15, -0.1) is 0 Å². The van der Waals surface area contributed by atoms with Crippen LogP contribution in [0.15, 0.2) is 43.2 Å². The van der Waals surface area contributed by atoms with E-state index in [9.17, 15) is 4.79 Å². The lowest BCUT2D eigenvalue weighted by Crippen LogP contribution is -2.68. The highest BCUT2D eigenvalue weighted by molar-refractivity contribution is 5.69. The number of H-pyrrole nitrogens is 1. The summed E-state index contributed by atoms with van der Waals surface area (Å²) < 4.78 is 7.59. The predicted octanol–water partition coefficient (Wildman–Crippen LogP) is 3.57. The Balaban J connectivity index is 1.03. The number of fused-ring (bicyclic) bond motifs is 1. The van der Waals surface area contributed by atoms with E-state index < -0.39 is 0 Å². The van der Waals surface area contributed by atoms with Crippen LogP contribution in [0.25, 0.3) is 16.9 Å². The molecule has 178 valence electrons. The molecular formula is C24H25N9O2. The van der Waals surface area contributed by atoms with Crippen molar-refractivity contribution in [2.45, 2.75) is 56.1 Å². The van der Waals surface area contributed by atoms with E-state index in [2.05, 4.69) is 35.8 Å². The zero-order chi connectivity index (χ0) is 23.4. The van der Waals surface area contributed by atoms with Gasteiger partial charge in [0.05, 0.1) is 5.69 Å². The fraction of sp³-hybridized carbons (Fsp3) is 0.417. The third kappa shape index (κ3) is 3.67. The minimum atomic E-state index is -0.264. The van der Waals surface area contributed by atoms with E-state index in [0.717, 1.165) is 67.0 Å². The zero-order valence-corrected chi connectivity index (χ0v) is 19.0. The normalized spacial score (nSPS) is 26.7. The lowest BCUT2D eigenvalue weighted by molar-refractivity contribution is -0.0506. The Kier molecular flexibility index (Phi) is 4.51. The lowest BCUT2D eigenvalue weighted by atomic mass is 9.50. The van der Waals surface area contributed by atoms with Crippen LogP contribution in [0.1, 0.15) is 50.1 Å². The zero-order valence-electron chi connectivity index (χ0n) is 19.0. The van der Waals surface area contributed by atoms with Gasteiger partial charge in [0.25, 0.3) is 0 Å². The first kappa shape index (κ1) is 20.4. The van der Waals surface area contributed by atoms with Crippen molar-refractivity contribution in [1.29, 1.82) is 0 Å². The summed E-state index contributed by atoms with van der Waals surface area (Å²) in [4.78, 5) is 29.6. The van der Waals surface area contributed by atoms with E-state index in [-0.39, 0.29) is 23.7 Å². The number of nitrogens with zero attached hydrogens (tertiary/aromatic N) is 6. The first-order chi connectivity index (χ1) is 17.1. The largest absolute Gasteiger partial charge is 0.446 e. The van der Waals surface area contributed by atoms with Crippen molar-refractivity contribution in [1.82, 2.24) is 39.9 Å². The number of aromatic amines is 1. The number of amides is 1. The quantitative estimate of drug-likeness (QED) is 0.388. The highest BCUT2D eigenvalue weighted by Crippen LogP contribution is 2.57. The maximum absolute atomic E-state index is 12.3. The number of anilines is 2. The van der Waals surface area contributed by atoms with Crippen molar-refractivity contribution < 1.29 is 9.53 Å². The van der Waals surface area contributed by atoms with Gasteiger partial charge in [0.1, 0.15) is 18.1 Å². The fourth-order valence-electron chi connectivity index (χ4n) is 5.67. The van der Waals surface area contributed by atoms with Crippen molar-refractivity contribution >= 4 is 23.5 Å². The fourth-order valence-corrected chi connectivity index (χ4v) is 5.67. The average Bonchev–Trinajstić information content (AvgIpc) is 3.57. The van der Waals surface area contributed by atoms with E-state index in [4.69, 9.17) is 9.72 Å². The lowest BCUT2D eigenvalue weighted by Gasteiger charge is -2.61. The molecule has 2 bridgehead atoms. The second-order valence-electron chi connectivity index (χ2n) is 10.0. The second kappa shape index (κ2) is 7.76. The summed E-state index contributed by atoms with van der Waals surface area (Å²) in [6, 6.07) is 3.89. The molecule has 0 spiro atoms. The van der Waals surface area contributed by atoms with E-state index in [1.807, 2.05) is 22.7 Å². The van der Waals surface area contributed by atoms with Gasteiger partial charge in [0.2, 0.25) is 5.95 Å². The van der Waals surface area contributed by atoms with Crippen LogP contribution in [0.5, 0.6) is 0 Å². The molecule has 11 heteroatoms. The molecule has 4 aliphatic carbocycles. The number of carbonyl (C=O) groups is 1. The molecule has 2 unspecified atom stereocenters. The summed E-state index contributed by atoms with van der Waals surface area (Å²) in [6.45, 7) is 0. The molecule has 0 saturated heterocycles. The summed E-state index contributed by atoms with van der Waals surface area (Å²) >= 11 is 0. The molecule has 0 aliphatic heterocycles. The van der Waals surface area contributed by atoms with Gasteiger partial charge in [-0.2, -0.15) is 5.10 Å². The van der Waals surface area contributed by atoms with Crippen molar-refractivity contribution in [3.63, 3.8) is 0 Å². The molecule has 4 saturated carbocycles. The van der Waals surface area contributed by atoms with Crippen LogP contribution in [-0.2, 0) is 4.74 Å². The standard InChI is InChI=1S/C24H25N9O2/c34-23(30-24-8-14(9-24)10-24)35-17-2-1-15(5-17)19-6-20(32-31-19)29-22-28-18(16-11-25-13-26-12-16)7-21-27-3-4-33(21)22/h3-4,6-7,11-15,17H,1-2,5,8-10H2,(H,30,34)(H2,28,29,31,32). The highest BCUT2D eigenvalue weighted by Gasteiger charge is 2.57. The topological polar surface area (TPSA) is 135 Å². The van der Waals surface area contributed by atoms with Crippen molar-refractivity contribution in [2.24, 2.45) is 5.92 Å². The summed E-state index contributed by atoms with van der Waals surface area (Å²) in [6.07, 6.45) is 14.1. The first-order valence-electron chi connectivity index (χ1n) is 12.0. The molecular weight excluding hydrogens is 446 g/mol. The van der Waals surface area contributed by atoms with Gasteiger partial charge in [-0.05, 0) is 44.4 Å². The molecule has 0 radical (unpaired) electrons. The van der Waals surface area contributed by atoms with Crippen LogP contribution in [-0.4, -0.2) is 52.3 Å². The first-order valence-corrected chi connectivity index (χ1v) is 12.0. The van der Waals surface area contributed by atoms with Crippen LogP contribution in [0, 0.1) is 5.92 Å². The van der Waals surface area contributed by atoms with Crippen LogP contribution >= 0.6 is 0 Å². The summed E-state index contributed by atoms with van der Waals surface area (Å²) in [5.74, 6) is 2.34. The van der Waals surface area contributed by atoms with E-state index in [1.54, 1.807) is 18.6 Å². The number of carbonyl (C=O) groups excluding carboxylic acids is 1. The monoisotopic (exact) mass is 471 g/mol. The Morgan fingerprint density at radius 3 is 2.83 bits per heavy atom. The number of rotatable bonds is 6. The number of hydrogen-bond donors (Lipinski definition) is 3. The molecule has 4 aromatic heterocycles. The van der Waals surface area contributed by atoms with E-state index in [0.29, 0.717) is 11.8 Å². The van der Waals surface area contributed by atoms with Gasteiger partial charge in [0, 0.05) is 59.6 Å². The van der Waals surface area contributed by atoms with Gasteiger partial charge in [-0.25, -0.2) is 24.7 Å². The minimum Gasteiger partial charge on any atom is -0.446 e. The van der Waals surface area contributed by atoms with Gasteiger partial charge in [-0.3, -0.25) is 9.50 Å². The third-order valence-corrected chi connectivity index (χ3v) is 7.59. The van der Waals surface area contributed by atoms with Gasteiger partial charge in [0.15, 0.2) is 5.82 Å². The summed E-state index contributed by atoms with van der Waals surface area (Å²) in [5.41, 5.74) is 3.34. The van der Waals surface area contributed by atoms with Crippen LogP contribution in [0.4, 0.5) is 16.6 Å². The van der Waals surface area contributed by atoms with Gasteiger partial charge < -0.3 is 15.4 Å². The average molecular weight is 472 g/mol. The number of imidazole rings is 1. The SMILES string of the molecule is O=C(NC12CC(C1)C2)OC1CCC(c2cc(Nc3nc(-c4cncnc4)cc4nccn34)n[nH]2)C1. The molecule has 1 amide bonds. The Hall–Kier alpha value is -4.02. The molecule has 2 atom stereocenters. The Morgan fingerprint density at radius 2 is 2.03 bits per heavy atom. The van der Waals surface area contributed by atoms with Crippen LogP contribution in [0.2, 0.25) is 0 Å². The molecule has 4 fully saturated rings. The Morgan fingerprint density at radius 1 is 1.17 bits per heavy atom. The molecule has 4 heterocycles. The van der Waals surface area contributed by atoms with Crippen molar-refractivity contribution in [3.05, 3.63) is 48.9 Å². The number of aromatic nitrogens is 7. The molecule has 11 nitrogen and oxygen atoms in total. The Bertz CT molecular complexity index is 1380. The summed E-state index contributed by atoms with van der Waals surface area (Å²) in [5, 5.41) is 14.0. The van der Waals surface area contributed by atoms with E-state index >= 15 is 0 Å². The smallest absolute Gasteiger partial charge is 0.407 e. The van der Waals surface area contributed by atoms with Gasteiger partial charge >= 0.3 is 6.09 Å². The summed E-state index contributed by atoms with van der Waals surface area (Å²) in [7, 11) is 0. The second-order valence-corrected chi connectivity index (χ2v) is 10.0. The molecule has 4 aliphatic rings. The third-order valence-electron chi connectivity index (χ3n) is 7.59. The number of nitrogens with one attached hydrogen (secondary N) is 3. The molecule has 3 N–H and O–H groups in total. The van der Waals surface area contributed by atoms with E-state index in [1.165, 1.54) is 6.33 Å². The predicted molar refractivity (Wildman–Crippen MR) is 126 cm³/mol. The van der Waals surface area contributed by atoms with Crippen LogP contribution < -0.4 is 10.6 Å². The number of ether oxygens (including phenoxy) is 1. The maximum atomic E-state index is 12.3. The molecule has 35 heavy (non-hydrogen) atoms. The minimum absolute atomic E-state index is 0.0449. The van der Waals surface area contributed by atoms with Crippen molar-refractivity contribution in [3.8, 4) is 11.3 Å². The van der Waals surface area contributed by atoms with Crippen molar-refractivity contribution in [2.75, 3.05) is 5.32 Å². The highest BCUT2D eigenvalue weighted by atomic mass is 16.6. The number of alkyl carbamates (subject to hydrolysis) is 1. The molecule has 8 rings (SSSR count). The van der Waals surface area contributed by atoms with Gasteiger partial charge in [-0.1, -0.05) is 0 Å². The number of hydrogen-bond acceptors (Lipinski definition) is 8. The maximum Gasteiger partial charge on any atom is 0.407 e. The molecule has 0 aromatic carbocycles.